The number of aliphatic imine (C=N–C) groups is 1. The van der Waals surface area contributed by atoms with Crippen LogP contribution in [0.5, 0.6) is 0 Å². The first-order valence-corrected chi connectivity index (χ1v) is 5.39. The van der Waals surface area contributed by atoms with Gasteiger partial charge in [0.25, 0.3) is 0 Å². The largest absolute Gasteiger partial charge is 0.240 e. The molecule has 0 aromatic rings. The van der Waals surface area contributed by atoms with E-state index in [0.717, 1.165) is 18.5 Å². The second-order valence-electron chi connectivity index (χ2n) is 3.47. The Bertz CT molecular complexity index is 366. The molecule has 0 amide bonds. The minimum atomic E-state index is 0.733. The van der Waals surface area contributed by atoms with Crippen LogP contribution in [0.1, 0.15) is 33.6 Å². The Morgan fingerprint density at radius 2 is 2.12 bits per heavy atom. The number of hydrogen-bond donors (Lipinski definition) is 0. The Morgan fingerprint density at radius 1 is 1.44 bits per heavy atom. The maximum atomic E-state index is 10.1. The molecule has 2 nitrogen and oxygen atoms in total. The lowest BCUT2D eigenvalue weighted by molar-refractivity contribution is 0.564. The third-order valence-electron chi connectivity index (χ3n) is 2.23. The van der Waals surface area contributed by atoms with Gasteiger partial charge in [-0.2, -0.15) is 4.99 Å². The summed E-state index contributed by atoms with van der Waals surface area (Å²) in [7, 11) is 0. The van der Waals surface area contributed by atoms with E-state index < -0.39 is 0 Å². The molecule has 0 heterocycles. The fourth-order valence-electron chi connectivity index (χ4n) is 1.20. The molecule has 0 atom stereocenters. The van der Waals surface area contributed by atoms with Gasteiger partial charge in [0.05, 0.1) is 5.70 Å². The van der Waals surface area contributed by atoms with Crippen molar-refractivity contribution in [3.8, 4) is 0 Å². The summed E-state index contributed by atoms with van der Waals surface area (Å²) in [5.41, 5.74) is 3.15. The summed E-state index contributed by atoms with van der Waals surface area (Å²) in [6.07, 6.45) is 10.9. The van der Waals surface area contributed by atoms with Gasteiger partial charge in [-0.25, -0.2) is 4.79 Å². The van der Waals surface area contributed by atoms with E-state index in [-0.39, 0.29) is 0 Å². The predicted molar refractivity (Wildman–Crippen MR) is 68.8 cm³/mol. The molecule has 0 saturated carbocycles. The minimum Gasteiger partial charge on any atom is -0.211 e. The Morgan fingerprint density at radius 3 is 2.56 bits per heavy atom. The second-order valence-corrected chi connectivity index (χ2v) is 3.47. The van der Waals surface area contributed by atoms with Gasteiger partial charge in [0, 0.05) is 0 Å². The average Bonchev–Trinajstić information content (AvgIpc) is 2.31. The molecule has 0 unspecified atom stereocenters. The molecule has 0 spiro atoms. The van der Waals surface area contributed by atoms with Crippen LogP contribution in [-0.2, 0) is 4.79 Å². The van der Waals surface area contributed by atoms with Crippen LogP contribution in [0.25, 0.3) is 0 Å². The molecule has 0 aliphatic heterocycles. The first kappa shape index (κ1) is 14.3. The normalized spacial score (nSPS) is 13.3. The van der Waals surface area contributed by atoms with Gasteiger partial charge in [0.15, 0.2) is 0 Å². The highest BCUT2D eigenvalue weighted by atomic mass is 16.1. The zero-order valence-electron chi connectivity index (χ0n) is 10.3. The van der Waals surface area contributed by atoms with Crippen LogP contribution in [0.3, 0.4) is 0 Å². The standard InChI is InChI=1S/C14H19NO/c1-5-13(6-2)10-12(4)8-9-14(7-3)15-11-16/h5-6,8-9H,1,7,10H2,2-4H3/b12-8+,13-6+,14-9+. The first-order chi connectivity index (χ1) is 7.67. The third kappa shape index (κ3) is 5.94. The van der Waals surface area contributed by atoms with Crippen molar-refractivity contribution in [2.24, 2.45) is 4.99 Å². The molecule has 0 aromatic carbocycles. The topological polar surface area (TPSA) is 29.4 Å². The van der Waals surface area contributed by atoms with Gasteiger partial charge in [-0.1, -0.05) is 37.3 Å². The van der Waals surface area contributed by atoms with E-state index >= 15 is 0 Å². The molecule has 0 bridgehead atoms. The van der Waals surface area contributed by atoms with Crippen LogP contribution in [0, 0.1) is 0 Å². The summed E-state index contributed by atoms with van der Waals surface area (Å²) in [4.78, 5) is 13.7. The summed E-state index contributed by atoms with van der Waals surface area (Å²) in [6, 6.07) is 0. The van der Waals surface area contributed by atoms with Crippen molar-refractivity contribution in [3.63, 3.8) is 0 Å². The summed E-state index contributed by atoms with van der Waals surface area (Å²) >= 11 is 0. The van der Waals surface area contributed by atoms with Crippen LogP contribution in [0.2, 0.25) is 0 Å². The first-order valence-electron chi connectivity index (χ1n) is 5.39. The molecule has 0 fully saturated rings. The number of allylic oxidation sites excluding steroid dienone is 7. The van der Waals surface area contributed by atoms with Crippen molar-refractivity contribution >= 4 is 6.08 Å². The highest BCUT2D eigenvalue weighted by Gasteiger charge is 1.93. The third-order valence-corrected chi connectivity index (χ3v) is 2.23. The molecule has 2 heteroatoms. The van der Waals surface area contributed by atoms with Gasteiger partial charge < -0.3 is 0 Å². The maximum Gasteiger partial charge on any atom is 0.240 e. The van der Waals surface area contributed by atoms with E-state index in [2.05, 4.69) is 11.6 Å². The fourth-order valence-corrected chi connectivity index (χ4v) is 1.20. The van der Waals surface area contributed by atoms with E-state index in [4.69, 9.17) is 0 Å². The van der Waals surface area contributed by atoms with Crippen molar-refractivity contribution < 1.29 is 4.79 Å². The Balaban J connectivity index is 4.65. The molecule has 0 aromatic heterocycles. The molecule has 0 N–H and O–H groups in total. The lowest BCUT2D eigenvalue weighted by Gasteiger charge is -2.00. The van der Waals surface area contributed by atoms with Crippen LogP contribution in [-0.4, -0.2) is 6.08 Å². The molecule has 0 aliphatic rings. The van der Waals surface area contributed by atoms with Crippen molar-refractivity contribution in [1.82, 2.24) is 0 Å². The second kappa shape index (κ2) is 8.63. The molecule has 16 heavy (non-hydrogen) atoms. The molecule has 0 radical (unpaired) electrons. The van der Waals surface area contributed by atoms with E-state index in [1.54, 1.807) is 6.08 Å². The Kier molecular flexibility index (Phi) is 7.74. The van der Waals surface area contributed by atoms with Crippen LogP contribution < -0.4 is 0 Å². The van der Waals surface area contributed by atoms with E-state index in [1.807, 2.05) is 45.1 Å². The number of hydrogen-bond acceptors (Lipinski definition) is 2. The van der Waals surface area contributed by atoms with Gasteiger partial charge >= 0.3 is 0 Å². The minimum absolute atomic E-state index is 0.733. The predicted octanol–water partition coefficient (Wildman–Crippen LogP) is 4.08. The molecule has 0 saturated heterocycles. The van der Waals surface area contributed by atoms with Crippen molar-refractivity contribution in [2.75, 3.05) is 0 Å². The van der Waals surface area contributed by atoms with Gasteiger partial charge in [0.2, 0.25) is 6.08 Å². The van der Waals surface area contributed by atoms with Crippen molar-refractivity contribution in [2.45, 2.75) is 33.6 Å². The van der Waals surface area contributed by atoms with Crippen molar-refractivity contribution in [3.05, 3.63) is 47.7 Å². The van der Waals surface area contributed by atoms with Gasteiger partial charge in [-0.15, -0.1) is 0 Å². The summed E-state index contributed by atoms with van der Waals surface area (Å²) < 4.78 is 0. The van der Waals surface area contributed by atoms with Crippen LogP contribution in [0.15, 0.2) is 52.7 Å². The zero-order chi connectivity index (χ0) is 12.4. The summed E-state index contributed by atoms with van der Waals surface area (Å²) in [5, 5.41) is 0. The molecule has 86 valence electrons. The number of carbonyl (C=O) groups excluding carboxylic acids is 1. The maximum absolute atomic E-state index is 10.1. The quantitative estimate of drug-likeness (QED) is 0.374. The average molecular weight is 217 g/mol. The number of isocyanates is 1. The molecule has 0 aliphatic carbocycles. The van der Waals surface area contributed by atoms with E-state index in [0.29, 0.717) is 0 Å². The summed E-state index contributed by atoms with van der Waals surface area (Å²) in [5.74, 6) is 0. The van der Waals surface area contributed by atoms with Gasteiger partial charge in [0.1, 0.15) is 0 Å². The molecule has 0 rings (SSSR count). The van der Waals surface area contributed by atoms with Crippen molar-refractivity contribution in [1.29, 1.82) is 0 Å². The molecular weight excluding hydrogens is 198 g/mol. The Labute approximate surface area is 97.8 Å². The van der Waals surface area contributed by atoms with E-state index in [9.17, 15) is 4.79 Å². The van der Waals surface area contributed by atoms with E-state index in [1.165, 1.54) is 11.1 Å². The van der Waals surface area contributed by atoms with Crippen LogP contribution >= 0.6 is 0 Å². The number of nitrogens with zero attached hydrogens (tertiary/aromatic N) is 1. The highest BCUT2D eigenvalue weighted by molar-refractivity contribution is 5.37. The lowest BCUT2D eigenvalue weighted by Crippen LogP contribution is -1.81. The van der Waals surface area contributed by atoms with Gasteiger partial charge in [-0.05, 0) is 38.3 Å². The summed E-state index contributed by atoms with van der Waals surface area (Å²) in [6.45, 7) is 9.74. The molecular formula is C14H19NO. The fraction of sp³-hybridized carbons (Fsp3) is 0.357. The smallest absolute Gasteiger partial charge is 0.211 e. The van der Waals surface area contributed by atoms with Crippen LogP contribution in [0.4, 0.5) is 0 Å². The Hall–Kier alpha value is -1.66. The monoisotopic (exact) mass is 217 g/mol. The highest BCUT2D eigenvalue weighted by Crippen LogP contribution is 2.12. The zero-order valence-corrected chi connectivity index (χ0v) is 10.3. The lowest BCUT2D eigenvalue weighted by atomic mass is 10.1. The SMILES string of the molecule is C=C/C(=C\C)C/C(C)=C/C=C(\CC)N=C=O. The number of rotatable bonds is 6. The van der Waals surface area contributed by atoms with Gasteiger partial charge in [-0.3, -0.25) is 0 Å².